The van der Waals surface area contributed by atoms with Crippen LogP contribution in [0.5, 0.6) is 0 Å². The van der Waals surface area contributed by atoms with Crippen LogP contribution in [0.15, 0.2) is 30.3 Å². The minimum atomic E-state index is 0.545. The zero-order valence-corrected chi connectivity index (χ0v) is 14.0. The van der Waals surface area contributed by atoms with E-state index in [1.807, 2.05) is 11.3 Å². The number of hydrogen-bond acceptors (Lipinski definition) is 3. The highest BCUT2D eigenvalue weighted by Crippen LogP contribution is 2.28. The van der Waals surface area contributed by atoms with E-state index >= 15 is 0 Å². The van der Waals surface area contributed by atoms with Crippen LogP contribution in [0.4, 0.5) is 0 Å². The molecule has 0 aliphatic carbocycles. The van der Waals surface area contributed by atoms with Gasteiger partial charge in [0.1, 0.15) is 0 Å². The molecule has 1 aromatic carbocycles. The Balaban J connectivity index is 1.64. The number of benzene rings is 1. The Labute approximate surface area is 131 Å². The topological polar surface area (TPSA) is 15.3 Å². The number of aryl methyl sites for hydroxylation is 1. The highest BCUT2D eigenvalue weighted by atomic mass is 32.1. The third kappa shape index (κ3) is 3.54. The van der Waals surface area contributed by atoms with E-state index in [-0.39, 0.29) is 0 Å². The van der Waals surface area contributed by atoms with E-state index in [0.717, 1.165) is 26.2 Å². The molecule has 0 radical (unpaired) electrons. The lowest BCUT2D eigenvalue weighted by molar-refractivity contribution is 0.275. The monoisotopic (exact) mass is 300 g/mol. The first kappa shape index (κ1) is 14.8. The second-order valence-corrected chi connectivity index (χ2v) is 7.58. The van der Waals surface area contributed by atoms with Gasteiger partial charge in [0.25, 0.3) is 0 Å². The summed E-state index contributed by atoms with van der Waals surface area (Å²) in [5.74, 6) is 0. The third-order valence-corrected chi connectivity index (χ3v) is 5.15. The number of hydrogen-bond donors (Lipinski definition) is 1. The van der Waals surface area contributed by atoms with Crippen molar-refractivity contribution in [2.45, 2.75) is 53.0 Å². The minimum absolute atomic E-state index is 0.545. The van der Waals surface area contributed by atoms with Gasteiger partial charge in [-0.15, -0.1) is 11.3 Å². The maximum absolute atomic E-state index is 3.51. The molecule has 2 nitrogen and oxygen atoms in total. The lowest BCUT2D eigenvalue weighted by Crippen LogP contribution is -2.21. The van der Waals surface area contributed by atoms with Crippen molar-refractivity contribution < 1.29 is 0 Å². The lowest BCUT2D eigenvalue weighted by Gasteiger charge is -2.14. The van der Waals surface area contributed by atoms with Crippen LogP contribution in [0, 0.1) is 6.92 Å². The van der Waals surface area contributed by atoms with Gasteiger partial charge in [-0.2, -0.15) is 0 Å². The fraction of sp³-hybridized carbons (Fsp3) is 0.444. The molecule has 0 fully saturated rings. The van der Waals surface area contributed by atoms with Crippen LogP contribution in [0.1, 0.15) is 40.3 Å². The summed E-state index contributed by atoms with van der Waals surface area (Å²) in [5.41, 5.74) is 4.48. The van der Waals surface area contributed by atoms with Crippen molar-refractivity contribution in [3.05, 3.63) is 56.8 Å². The maximum atomic E-state index is 3.51. The quantitative estimate of drug-likeness (QED) is 0.895. The molecule has 0 atom stereocenters. The van der Waals surface area contributed by atoms with Crippen LogP contribution < -0.4 is 5.32 Å². The molecule has 0 saturated carbocycles. The number of thiophene rings is 1. The molecule has 2 heterocycles. The fourth-order valence-corrected chi connectivity index (χ4v) is 3.90. The van der Waals surface area contributed by atoms with Gasteiger partial charge < -0.3 is 5.32 Å². The van der Waals surface area contributed by atoms with Gasteiger partial charge >= 0.3 is 0 Å². The van der Waals surface area contributed by atoms with Gasteiger partial charge in [0.2, 0.25) is 0 Å². The van der Waals surface area contributed by atoms with Crippen LogP contribution in [0.25, 0.3) is 0 Å². The van der Waals surface area contributed by atoms with Crippen LogP contribution in [-0.2, 0) is 26.2 Å². The standard InChI is InChI=1S/C18H24N2S/c1-13(2)19-9-18-8-17(14(3)21-18)12-20-10-15-6-4-5-7-16(15)11-20/h4-8,13,19H,9-12H2,1-3H3. The summed E-state index contributed by atoms with van der Waals surface area (Å²) in [4.78, 5) is 5.46. The van der Waals surface area contributed by atoms with Crippen LogP contribution in [0.2, 0.25) is 0 Å². The van der Waals surface area contributed by atoms with Gasteiger partial charge in [0, 0.05) is 42.0 Å². The van der Waals surface area contributed by atoms with E-state index in [9.17, 15) is 0 Å². The lowest BCUT2D eigenvalue weighted by atomic mass is 10.1. The fourth-order valence-electron chi connectivity index (χ4n) is 2.89. The highest BCUT2D eigenvalue weighted by molar-refractivity contribution is 7.12. The maximum Gasteiger partial charge on any atom is 0.0302 e. The second-order valence-electron chi connectivity index (χ2n) is 6.24. The van der Waals surface area contributed by atoms with Crippen LogP contribution in [0.3, 0.4) is 0 Å². The first-order chi connectivity index (χ1) is 10.1. The molecule has 2 aromatic rings. The Morgan fingerprint density at radius 2 is 1.86 bits per heavy atom. The minimum Gasteiger partial charge on any atom is -0.310 e. The molecule has 3 heteroatoms. The summed E-state index contributed by atoms with van der Waals surface area (Å²) in [7, 11) is 0. The van der Waals surface area contributed by atoms with Gasteiger partial charge in [0.15, 0.2) is 0 Å². The molecule has 1 aliphatic heterocycles. The summed E-state index contributed by atoms with van der Waals surface area (Å²) in [5, 5.41) is 3.51. The van der Waals surface area contributed by atoms with Crippen molar-refractivity contribution >= 4 is 11.3 Å². The van der Waals surface area contributed by atoms with E-state index in [2.05, 4.69) is 61.3 Å². The second kappa shape index (κ2) is 6.30. The van der Waals surface area contributed by atoms with Gasteiger partial charge in [-0.3, -0.25) is 4.90 Å². The molecule has 0 saturated heterocycles. The highest BCUT2D eigenvalue weighted by Gasteiger charge is 2.19. The van der Waals surface area contributed by atoms with Crippen molar-refractivity contribution in [3.63, 3.8) is 0 Å². The van der Waals surface area contributed by atoms with Gasteiger partial charge in [-0.25, -0.2) is 0 Å². The molecule has 21 heavy (non-hydrogen) atoms. The first-order valence-corrected chi connectivity index (χ1v) is 8.54. The smallest absolute Gasteiger partial charge is 0.0302 e. The van der Waals surface area contributed by atoms with Crippen molar-refractivity contribution in [2.75, 3.05) is 0 Å². The Kier molecular flexibility index (Phi) is 4.43. The van der Waals surface area contributed by atoms with E-state index in [4.69, 9.17) is 0 Å². The zero-order valence-electron chi connectivity index (χ0n) is 13.1. The average Bonchev–Trinajstić information content (AvgIpc) is 3.00. The zero-order chi connectivity index (χ0) is 14.8. The van der Waals surface area contributed by atoms with E-state index in [1.54, 1.807) is 0 Å². The number of rotatable bonds is 5. The van der Waals surface area contributed by atoms with Crippen LogP contribution >= 0.6 is 11.3 Å². The summed E-state index contributed by atoms with van der Waals surface area (Å²) in [6.07, 6.45) is 0. The average molecular weight is 300 g/mol. The van der Waals surface area contributed by atoms with Gasteiger partial charge in [0.05, 0.1) is 0 Å². The van der Waals surface area contributed by atoms with Gasteiger partial charge in [-0.05, 0) is 29.7 Å². The summed E-state index contributed by atoms with van der Waals surface area (Å²) in [6.45, 7) is 10.9. The van der Waals surface area contributed by atoms with Crippen molar-refractivity contribution in [3.8, 4) is 0 Å². The predicted octanol–water partition coefficient (Wildman–Crippen LogP) is 4.07. The molecule has 0 spiro atoms. The Morgan fingerprint density at radius 1 is 1.19 bits per heavy atom. The molecule has 0 amide bonds. The third-order valence-electron chi connectivity index (χ3n) is 4.06. The number of nitrogens with zero attached hydrogens (tertiary/aromatic N) is 1. The summed E-state index contributed by atoms with van der Waals surface area (Å²) < 4.78 is 0. The Morgan fingerprint density at radius 3 is 2.48 bits per heavy atom. The molecule has 0 unspecified atom stereocenters. The van der Waals surface area contributed by atoms with Crippen molar-refractivity contribution in [1.82, 2.24) is 10.2 Å². The van der Waals surface area contributed by atoms with Gasteiger partial charge in [-0.1, -0.05) is 38.1 Å². The largest absolute Gasteiger partial charge is 0.310 e. The molecule has 0 bridgehead atoms. The molecule has 112 valence electrons. The number of fused-ring (bicyclic) bond motifs is 1. The Hall–Kier alpha value is -1.16. The first-order valence-electron chi connectivity index (χ1n) is 7.72. The number of nitrogens with one attached hydrogen (secondary N) is 1. The van der Waals surface area contributed by atoms with Crippen molar-refractivity contribution in [1.29, 1.82) is 0 Å². The van der Waals surface area contributed by atoms with Crippen LogP contribution in [-0.4, -0.2) is 10.9 Å². The van der Waals surface area contributed by atoms with E-state index < -0.39 is 0 Å². The molecular weight excluding hydrogens is 276 g/mol. The van der Waals surface area contributed by atoms with E-state index in [0.29, 0.717) is 6.04 Å². The van der Waals surface area contributed by atoms with E-state index in [1.165, 1.54) is 26.4 Å². The molecule has 3 rings (SSSR count). The predicted molar refractivity (Wildman–Crippen MR) is 90.4 cm³/mol. The Bertz CT molecular complexity index is 590. The van der Waals surface area contributed by atoms with Crippen molar-refractivity contribution in [2.24, 2.45) is 0 Å². The molecule has 1 N–H and O–H groups in total. The SMILES string of the molecule is Cc1sc(CNC(C)C)cc1CN1Cc2ccccc2C1. The molecule has 1 aliphatic rings. The summed E-state index contributed by atoms with van der Waals surface area (Å²) in [6, 6.07) is 11.7. The molecule has 1 aromatic heterocycles. The summed E-state index contributed by atoms with van der Waals surface area (Å²) >= 11 is 1.93. The molecular formula is C18H24N2S. The normalized spacial score (nSPS) is 14.9.